The first-order valence-electron chi connectivity index (χ1n) is 4.10. The van der Waals surface area contributed by atoms with E-state index >= 15 is 0 Å². The van der Waals surface area contributed by atoms with Gasteiger partial charge in [-0.05, 0) is 23.6 Å². The van der Waals surface area contributed by atoms with Crippen LogP contribution in [0.2, 0.25) is 0 Å². The van der Waals surface area contributed by atoms with Crippen molar-refractivity contribution < 1.29 is 4.79 Å². The summed E-state index contributed by atoms with van der Waals surface area (Å²) >= 11 is 5.38. The van der Waals surface area contributed by atoms with Crippen LogP contribution in [0.3, 0.4) is 0 Å². The molecular weight excluding hydrogens is 184 g/mol. The first kappa shape index (κ1) is 10.0. The topological polar surface area (TPSA) is 17.1 Å². The molecule has 0 radical (unpaired) electrons. The average molecular weight is 195 g/mol. The third kappa shape index (κ3) is 3.03. The molecule has 0 N–H and O–H groups in total. The van der Waals surface area contributed by atoms with Gasteiger partial charge in [0.1, 0.15) is 0 Å². The molecule has 1 atom stereocenters. The highest BCUT2D eigenvalue weighted by Crippen LogP contribution is 2.12. The molecule has 1 aromatic rings. The van der Waals surface area contributed by atoms with Crippen LogP contribution >= 0.6 is 11.6 Å². The zero-order valence-electron chi connectivity index (χ0n) is 7.24. The van der Waals surface area contributed by atoms with Crippen molar-refractivity contribution in [1.29, 1.82) is 0 Å². The summed E-state index contributed by atoms with van der Waals surface area (Å²) in [5.41, 5.74) is 1.10. The van der Waals surface area contributed by atoms with Gasteiger partial charge in [0.15, 0.2) is 0 Å². The van der Waals surface area contributed by atoms with Crippen LogP contribution in [0.4, 0.5) is 0 Å². The van der Waals surface area contributed by atoms with E-state index < -0.39 is 0 Å². The molecule has 1 unspecified atom stereocenters. The first-order valence-corrected chi connectivity index (χ1v) is 4.47. The van der Waals surface area contributed by atoms with Crippen molar-refractivity contribution in [2.75, 3.05) is 0 Å². The monoisotopic (exact) mass is 194 g/mol. The lowest BCUT2D eigenvalue weighted by molar-refractivity contribution is -0.113. The molecule has 0 spiro atoms. The molecule has 0 saturated heterocycles. The van der Waals surface area contributed by atoms with Crippen molar-refractivity contribution in [3.63, 3.8) is 0 Å². The normalized spacial score (nSPS) is 12.1. The minimum atomic E-state index is -0.348. The number of carbonyl (C=O) groups excluding carboxylic acids is 1. The summed E-state index contributed by atoms with van der Waals surface area (Å²) < 4.78 is 0. The summed E-state index contributed by atoms with van der Waals surface area (Å²) in [5.74, 6) is -0.274. The molecule has 0 aliphatic carbocycles. The smallest absolute Gasteiger partial charge is 0.228 e. The van der Waals surface area contributed by atoms with Crippen LogP contribution < -0.4 is 0 Å². The van der Waals surface area contributed by atoms with Gasteiger partial charge in [0, 0.05) is 0 Å². The maximum atomic E-state index is 10.9. The van der Waals surface area contributed by atoms with E-state index in [2.05, 4.69) is 6.58 Å². The van der Waals surface area contributed by atoms with Crippen molar-refractivity contribution >= 4 is 16.8 Å². The van der Waals surface area contributed by atoms with Gasteiger partial charge in [-0.15, -0.1) is 6.58 Å². The molecule has 0 fully saturated rings. The van der Waals surface area contributed by atoms with Gasteiger partial charge < -0.3 is 0 Å². The van der Waals surface area contributed by atoms with Crippen molar-refractivity contribution in [3.05, 3.63) is 48.6 Å². The second-order valence-corrected chi connectivity index (χ2v) is 3.21. The lowest BCUT2D eigenvalue weighted by atomic mass is 10.0. The molecule has 2 heteroatoms. The van der Waals surface area contributed by atoms with Crippen LogP contribution in [0.15, 0.2) is 43.0 Å². The van der Waals surface area contributed by atoms with E-state index in [0.29, 0.717) is 6.42 Å². The molecule has 68 valence electrons. The van der Waals surface area contributed by atoms with Gasteiger partial charge in [0.25, 0.3) is 0 Å². The number of allylic oxidation sites excluding steroid dienone is 1. The van der Waals surface area contributed by atoms with Crippen LogP contribution in [0.5, 0.6) is 0 Å². The average Bonchev–Trinajstić information content (AvgIpc) is 2.15. The van der Waals surface area contributed by atoms with Gasteiger partial charge in [-0.1, -0.05) is 36.4 Å². The Bertz CT molecular complexity index is 292. The van der Waals surface area contributed by atoms with Crippen LogP contribution in [-0.2, 0) is 11.2 Å². The van der Waals surface area contributed by atoms with E-state index in [-0.39, 0.29) is 11.2 Å². The largest absolute Gasteiger partial charge is 0.281 e. The summed E-state index contributed by atoms with van der Waals surface area (Å²) in [4.78, 5) is 10.9. The molecule has 13 heavy (non-hydrogen) atoms. The molecule has 0 aromatic heterocycles. The van der Waals surface area contributed by atoms with Crippen LogP contribution in [-0.4, -0.2) is 5.24 Å². The Morgan fingerprint density at radius 1 is 1.46 bits per heavy atom. The Balaban J connectivity index is 2.67. The summed E-state index contributed by atoms with van der Waals surface area (Å²) in [6.07, 6.45) is 2.22. The highest BCUT2D eigenvalue weighted by molar-refractivity contribution is 6.64. The molecule has 0 saturated carbocycles. The van der Waals surface area contributed by atoms with Gasteiger partial charge in [0.05, 0.1) is 5.92 Å². The number of halogens is 1. The molecule has 0 bridgehead atoms. The molecule has 0 aliphatic heterocycles. The molecular formula is C11H11ClO. The molecule has 0 heterocycles. The third-order valence-corrected chi connectivity index (χ3v) is 2.15. The molecule has 1 aromatic carbocycles. The van der Waals surface area contributed by atoms with E-state index in [1.54, 1.807) is 6.08 Å². The standard InChI is InChI=1S/C11H11ClO/c1-2-10(11(12)13)8-9-6-4-3-5-7-9/h2-7,10H,1,8H2. The summed E-state index contributed by atoms with van der Waals surface area (Å²) in [5, 5.41) is -0.348. The lowest BCUT2D eigenvalue weighted by Gasteiger charge is -2.06. The predicted molar refractivity (Wildman–Crippen MR) is 54.7 cm³/mol. The van der Waals surface area contributed by atoms with Crippen molar-refractivity contribution in [2.24, 2.45) is 5.92 Å². The molecule has 1 rings (SSSR count). The Labute approximate surface area is 83.0 Å². The van der Waals surface area contributed by atoms with E-state index in [1.807, 2.05) is 30.3 Å². The number of hydrogen-bond acceptors (Lipinski definition) is 1. The fourth-order valence-electron chi connectivity index (χ4n) is 1.12. The minimum absolute atomic E-state index is 0.274. The Morgan fingerprint density at radius 2 is 2.08 bits per heavy atom. The number of hydrogen-bond donors (Lipinski definition) is 0. The number of rotatable bonds is 4. The third-order valence-electron chi connectivity index (χ3n) is 1.87. The number of carbonyl (C=O) groups is 1. The SMILES string of the molecule is C=CC(Cc1ccccc1)C(=O)Cl. The maximum absolute atomic E-state index is 10.9. The van der Waals surface area contributed by atoms with E-state index in [4.69, 9.17) is 11.6 Å². The van der Waals surface area contributed by atoms with Crippen molar-refractivity contribution in [3.8, 4) is 0 Å². The summed E-state index contributed by atoms with van der Waals surface area (Å²) in [6, 6.07) is 9.75. The van der Waals surface area contributed by atoms with Gasteiger partial charge in [-0.2, -0.15) is 0 Å². The van der Waals surface area contributed by atoms with Gasteiger partial charge in [-0.25, -0.2) is 0 Å². The quantitative estimate of drug-likeness (QED) is 0.532. The fourth-order valence-corrected chi connectivity index (χ4v) is 1.29. The van der Waals surface area contributed by atoms with Crippen molar-refractivity contribution in [1.82, 2.24) is 0 Å². The second-order valence-electron chi connectivity index (χ2n) is 2.84. The molecule has 0 aliphatic rings. The van der Waals surface area contributed by atoms with Gasteiger partial charge in [-0.3, -0.25) is 4.79 Å². The fraction of sp³-hybridized carbons (Fsp3) is 0.182. The van der Waals surface area contributed by atoms with E-state index in [1.165, 1.54) is 0 Å². The first-order chi connectivity index (χ1) is 6.24. The molecule has 0 amide bonds. The van der Waals surface area contributed by atoms with Crippen molar-refractivity contribution in [2.45, 2.75) is 6.42 Å². The molecule has 1 nitrogen and oxygen atoms in total. The minimum Gasteiger partial charge on any atom is -0.281 e. The van der Waals surface area contributed by atoms with Gasteiger partial charge >= 0.3 is 0 Å². The zero-order valence-corrected chi connectivity index (χ0v) is 8.00. The lowest BCUT2D eigenvalue weighted by Crippen LogP contribution is -2.08. The van der Waals surface area contributed by atoms with Crippen LogP contribution in [0.1, 0.15) is 5.56 Å². The Hall–Kier alpha value is -1.08. The van der Waals surface area contributed by atoms with E-state index in [0.717, 1.165) is 5.56 Å². The highest BCUT2D eigenvalue weighted by Gasteiger charge is 2.11. The predicted octanol–water partition coefficient (Wildman–Crippen LogP) is 2.80. The zero-order chi connectivity index (χ0) is 9.68. The maximum Gasteiger partial charge on any atom is 0.228 e. The Morgan fingerprint density at radius 3 is 2.54 bits per heavy atom. The summed E-state index contributed by atoms with van der Waals surface area (Å²) in [7, 11) is 0. The highest BCUT2D eigenvalue weighted by atomic mass is 35.5. The van der Waals surface area contributed by atoms with Crippen LogP contribution in [0.25, 0.3) is 0 Å². The van der Waals surface area contributed by atoms with E-state index in [9.17, 15) is 4.79 Å². The van der Waals surface area contributed by atoms with Crippen LogP contribution in [0, 0.1) is 5.92 Å². The van der Waals surface area contributed by atoms with Gasteiger partial charge in [0.2, 0.25) is 5.24 Å². The number of benzene rings is 1. The second kappa shape index (κ2) is 4.83. The summed E-state index contributed by atoms with van der Waals surface area (Å²) in [6.45, 7) is 3.57. The Kier molecular flexibility index (Phi) is 3.71.